The lowest BCUT2D eigenvalue weighted by atomic mass is 10.0. The summed E-state index contributed by atoms with van der Waals surface area (Å²) in [5.74, 6) is 0.148. The van der Waals surface area contributed by atoms with Crippen LogP contribution >= 0.6 is 0 Å². The van der Waals surface area contributed by atoms with Crippen molar-refractivity contribution in [3.05, 3.63) is 89.5 Å². The summed E-state index contributed by atoms with van der Waals surface area (Å²) in [7, 11) is -2.55. The van der Waals surface area contributed by atoms with E-state index in [1.54, 1.807) is 50.4 Å². The first-order valence-electron chi connectivity index (χ1n) is 14.9. The Morgan fingerprint density at radius 2 is 1.60 bits per heavy atom. The summed E-state index contributed by atoms with van der Waals surface area (Å²) in [6.07, 6.45) is 3.95. The van der Waals surface area contributed by atoms with Crippen molar-refractivity contribution in [2.24, 2.45) is 0 Å². The molecule has 9 heteroatoms. The van der Waals surface area contributed by atoms with Gasteiger partial charge < -0.3 is 15.0 Å². The smallest absolute Gasteiger partial charge is 0.264 e. The minimum atomic E-state index is -4.12. The molecule has 1 aliphatic carbocycles. The van der Waals surface area contributed by atoms with E-state index in [4.69, 9.17) is 4.74 Å². The molecule has 230 valence electrons. The third-order valence-electron chi connectivity index (χ3n) is 8.09. The standard InChI is InChI=1S/C34H43N3O5S/c1-24(2)28-15-17-30(18-16-28)37(43(40,41)32-19-13-25(3)14-20-32)23-33(38)36(22-27-9-8-12-31(21-27)42-5)26(4)34(39)35-29-10-6-7-11-29/h8-9,12-21,24,26,29H,6-7,10-11,22-23H2,1-5H3,(H,35,39)/t26-/m0/s1. The van der Waals surface area contributed by atoms with Crippen LogP contribution in [0.2, 0.25) is 0 Å². The largest absolute Gasteiger partial charge is 0.497 e. The van der Waals surface area contributed by atoms with Crippen molar-refractivity contribution in [3.63, 3.8) is 0 Å². The molecule has 0 radical (unpaired) electrons. The molecule has 1 aliphatic rings. The lowest BCUT2D eigenvalue weighted by Gasteiger charge is -2.32. The van der Waals surface area contributed by atoms with Gasteiger partial charge in [-0.15, -0.1) is 0 Å². The average molecular weight is 606 g/mol. The second-order valence-electron chi connectivity index (χ2n) is 11.6. The maximum absolute atomic E-state index is 14.2. The Labute approximate surface area is 256 Å². The molecule has 0 aromatic heterocycles. The number of sulfonamides is 1. The lowest BCUT2D eigenvalue weighted by molar-refractivity contribution is -0.139. The van der Waals surface area contributed by atoms with Crippen LogP contribution in [0.1, 0.15) is 69.1 Å². The zero-order valence-corrected chi connectivity index (χ0v) is 26.6. The van der Waals surface area contributed by atoms with Gasteiger partial charge in [-0.1, -0.05) is 68.7 Å². The van der Waals surface area contributed by atoms with Crippen LogP contribution in [0.3, 0.4) is 0 Å². The first-order chi connectivity index (χ1) is 20.5. The predicted octanol–water partition coefficient (Wildman–Crippen LogP) is 5.80. The molecule has 0 spiro atoms. The fourth-order valence-corrected chi connectivity index (χ4v) is 6.75. The van der Waals surface area contributed by atoms with Crippen molar-refractivity contribution in [2.75, 3.05) is 18.0 Å². The zero-order valence-electron chi connectivity index (χ0n) is 25.7. The summed E-state index contributed by atoms with van der Waals surface area (Å²) < 4.78 is 34.6. The van der Waals surface area contributed by atoms with Crippen LogP contribution in [0.4, 0.5) is 5.69 Å². The molecule has 3 aromatic rings. The topological polar surface area (TPSA) is 96.0 Å². The van der Waals surface area contributed by atoms with Crippen molar-refractivity contribution in [1.29, 1.82) is 0 Å². The van der Waals surface area contributed by atoms with E-state index in [-0.39, 0.29) is 29.3 Å². The van der Waals surface area contributed by atoms with E-state index in [9.17, 15) is 18.0 Å². The highest BCUT2D eigenvalue weighted by Gasteiger charge is 2.33. The van der Waals surface area contributed by atoms with Crippen LogP contribution in [0.15, 0.2) is 77.7 Å². The lowest BCUT2D eigenvalue weighted by Crippen LogP contribution is -2.52. The van der Waals surface area contributed by atoms with Crippen LogP contribution in [0.25, 0.3) is 0 Å². The number of anilines is 1. The van der Waals surface area contributed by atoms with Gasteiger partial charge in [0.1, 0.15) is 18.3 Å². The van der Waals surface area contributed by atoms with Gasteiger partial charge in [0.15, 0.2) is 0 Å². The number of benzene rings is 3. The minimum Gasteiger partial charge on any atom is -0.497 e. The van der Waals surface area contributed by atoms with Gasteiger partial charge in [-0.25, -0.2) is 8.42 Å². The number of hydrogen-bond acceptors (Lipinski definition) is 5. The van der Waals surface area contributed by atoms with E-state index in [0.29, 0.717) is 11.4 Å². The van der Waals surface area contributed by atoms with Crippen molar-refractivity contribution in [1.82, 2.24) is 10.2 Å². The Morgan fingerprint density at radius 3 is 2.21 bits per heavy atom. The monoisotopic (exact) mass is 605 g/mol. The Bertz CT molecular complexity index is 1500. The van der Waals surface area contributed by atoms with Gasteiger partial charge >= 0.3 is 0 Å². The number of hydrogen-bond donors (Lipinski definition) is 1. The number of nitrogens with zero attached hydrogens (tertiary/aromatic N) is 2. The van der Waals surface area contributed by atoms with Gasteiger partial charge in [0.05, 0.1) is 17.7 Å². The fraction of sp³-hybridized carbons (Fsp3) is 0.412. The molecule has 0 unspecified atom stereocenters. The molecular formula is C34H43N3O5S. The molecule has 1 fully saturated rings. The van der Waals surface area contributed by atoms with Gasteiger partial charge in [-0.3, -0.25) is 13.9 Å². The minimum absolute atomic E-state index is 0.0848. The number of nitrogens with one attached hydrogen (secondary N) is 1. The van der Waals surface area contributed by atoms with Crippen LogP contribution < -0.4 is 14.4 Å². The number of carbonyl (C=O) groups excluding carboxylic acids is 2. The molecule has 0 aliphatic heterocycles. The average Bonchev–Trinajstić information content (AvgIpc) is 3.51. The molecule has 1 saturated carbocycles. The number of aryl methyl sites for hydroxylation is 1. The molecule has 1 N–H and O–H groups in total. The van der Waals surface area contributed by atoms with Gasteiger partial charge in [0.25, 0.3) is 10.0 Å². The quantitative estimate of drug-likeness (QED) is 0.282. The highest BCUT2D eigenvalue weighted by atomic mass is 32.2. The molecule has 0 saturated heterocycles. The van der Waals surface area contributed by atoms with Crippen molar-refractivity contribution < 1.29 is 22.7 Å². The summed E-state index contributed by atoms with van der Waals surface area (Å²) in [5.41, 5.74) is 3.12. The Kier molecular flexibility index (Phi) is 10.5. The molecule has 8 nitrogen and oxygen atoms in total. The SMILES string of the molecule is COc1cccc(CN(C(=O)CN(c2ccc(C(C)C)cc2)S(=O)(=O)c2ccc(C)cc2)[C@@H](C)C(=O)NC2CCCC2)c1. The van der Waals surface area contributed by atoms with Gasteiger partial charge in [0.2, 0.25) is 11.8 Å². The molecular weight excluding hydrogens is 562 g/mol. The van der Waals surface area contributed by atoms with E-state index < -0.39 is 28.5 Å². The highest BCUT2D eigenvalue weighted by Crippen LogP contribution is 2.27. The summed E-state index contributed by atoms with van der Waals surface area (Å²) in [6, 6.07) is 20.4. The Balaban J connectivity index is 1.70. The Morgan fingerprint density at radius 1 is 0.953 bits per heavy atom. The molecule has 43 heavy (non-hydrogen) atoms. The number of amides is 2. The maximum Gasteiger partial charge on any atom is 0.264 e. The first kappa shape index (κ1) is 32.1. The van der Waals surface area contributed by atoms with Crippen LogP contribution in [0, 0.1) is 6.92 Å². The molecule has 3 aromatic carbocycles. The van der Waals surface area contributed by atoms with Crippen molar-refractivity contribution in [3.8, 4) is 5.75 Å². The second-order valence-corrected chi connectivity index (χ2v) is 13.5. The number of carbonyl (C=O) groups is 2. The van der Waals surface area contributed by atoms with Crippen LogP contribution in [0.5, 0.6) is 5.75 Å². The molecule has 2 amide bonds. The predicted molar refractivity (Wildman–Crippen MR) is 170 cm³/mol. The van der Waals surface area contributed by atoms with Crippen LogP contribution in [-0.4, -0.2) is 50.9 Å². The molecule has 0 bridgehead atoms. The number of methoxy groups -OCH3 is 1. The van der Waals surface area contributed by atoms with Crippen LogP contribution in [-0.2, 0) is 26.2 Å². The molecule has 4 rings (SSSR count). The van der Waals surface area contributed by atoms with Gasteiger partial charge in [-0.05, 0) is 80.1 Å². The first-order valence-corrected chi connectivity index (χ1v) is 16.4. The third kappa shape index (κ3) is 7.96. The van der Waals surface area contributed by atoms with E-state index in [2.05, 4.69) is 19.2 Å². The zero-order chi connectivity index (χ0) is 31.1. The number of rotatable bonds is 12. The summed E-state index contributed by atoms with van der Waals surface area (Å²) in [5, 5.41) is 3.10. The van der Waals surface area contributed by atoms with E-state index in [1.165, 1.54) is 4.90 Å². The summed E-state index contributed by atoms with van der Waals surface area (Å²) in [6.45, 7) is 7.35. The highest BCUT2D eigenvalue weighted by molar-refractivity contribution is 7.92. The summed E-state index contributed by atoms with van der Waals surface area (Å²) >= 11 is 0. The molecule has 1 atom stereocenters. The number of ether oxygens (including phenoxy) is 1. The van der Waals surface area contributed by atoms with Gasteiger partial charge in [0, 0.05) is 12.6 Å². The summed E-state index contributed by atoms with van der Waals surface area (Å²) in [4.78, 5) is 29.1. The van der Waals surface area contributed by atoms with E-state index in [0.717, 1.165) is 46.7 Å². The Hall–Kier alpha value is -3.85. The third-order valence-corrected chi connectivity index (χ3v) is 9.88. The fourth-order valence-electron chi connectivity index (χ4n) is 5.33. The van der Waals surface area contributed by atoms with Crippen molar-refractivity contribution >= 4 is 27.5 Å². The van der Waals surface area contributed by atoms with Crippen molar-refractivity contribution in [2.45, 2.75) is 82.8 Å². The second kappa shape index (κ2) is 14.1. The molecule has 0 heterocycles. The maximum atomic E-state index is 14.2. The van der Waals surface area contributed by atoms with Gasteiger partial charge in [-0.2, -0.15) is 0 Å². The van der Waals surface area contributed by atoms with E-state index in [1.807, 2.05) is 43.3 Å². The van der Waals surface area contributed by atoms with E-state index >= 15 is 0 Å². The normalized spacial score (nSPS) is 14.4.